The van der Waals surface area contributed by atoms with Gasteiger partial charge in [-0.25, -0.2) is 0 Å². The molecular formula is C13H24N2O2. The lowest BCUT2D eigenvalue weighted by Crippen LogP contribution is -2.50. The van der Waals surface area contributed by atoms with Gasteiger partial charge in [-0.2, -0.15) is 0 Å². The lowest BCUT2D eigenvalue weighted by Gasteiger charge is -2.36. The van der Waals surface area contributed by atoms with Crippen LogP contribution in [0.3, 0.4) is 0 Å². The zero-order chi connectivity index (χ0) is 12.3. The first kappa shape index (κ1) is 12.8. The van der Waals surface area contributed by atoms with Gasteiger partial charge in [-0.1, -0.05) is 6.92 Å². The predicted octanol–water partition coefficient (Wildman–Crippen LogP) is 1.15. The van der Waals surface area contributed by atoms with Crippen LogP contribution in [0.2, 0.25) is 0 Å². The Morgan fingerprint density at radius 2 is 2.29 bits per heavy atom. The van der Waals surface area contributed by atoms with Crippen molar-refractivity contribution in [3.8, 4) is 0 Å². The standard InChI is InChI=1S/C13H24N2O2/c1-3-12(13(16)17-2)14-10-6-8-15-7-4-5-11(15)9-10/h10-12,14H,3-9H2,1-2H3. The Balaban J connectivity index is 1.84. The average molecular weight is 240 g/mol. The van der Waals surface area contributed by atoms with E-state index < -0.39 is 0 Å². The zero-order valence-corrected chi connectivity index (χ0v) is 10.9. The van der Waals surface area contributed by atoms with Crippen molar-refractivity contribution in [1.82, 2.24) is 10.2 Å². The molecule has 0 aromatic heterocycles. The van der Waals surface area contributed by atoms with Crippen LogP contribution in [-0.2, 0) is 9.53 Å². The van der Waals surface area contributed by atoms with Gasteiger partial charge >= 0.3 is 5.97 Å². The SMILES string of the molecule is CCC(NC1CCN2CCCC2C1)C(=O)OC. The lowest BCUT2D eigenvalue weighted by molar-refractivity contribution is -0.143. The molecule has 0 spiro atoms. The van der Waals surface area contributed by atoms with E-state index in [1.54, 1.807) is 0 Å². The summed E-state index contributed by atoms with van der Waals surface area (Å²) in [5.74, 6) is -0.124. The lowest BCUT2D eigenvalue weighted by atomic mass is 9.96. The fourth-order valence-electron chi connectivity index (χ4n) is 3.16. The van der Waals surface area contributed by atoms with E-state index in [1.165, 1.54) is 39.5 Å². The van der Waals surface area contributed by atoms with E-state index in [9.17, 15) is 4.79 Å². The second-order valence-corrected chi connectivity index (χ2v) is 5.20. The number of nitrogens with one attached hydrogen (secondary N) is 1. The highest BCUT2D eigenvalue weighted by Crippen LogP contribution is 2.27. The summed E-state index contributed by atoms with van der Waals surface area (Å²) >= 11 is 0. The molecule has 2 rings (SSSR count). The van der Waals surface area contributed by atoms with Crippen molar-refractivity contribution in [2.75, 3.05) is 20.2 Å². The Kier molecular flexibility index (Phi) is 4.40. The molecule has 3 atom stereocenters. The van der Waals surface area contributed by atoms with Gasteiger partial charge in [-0.3, -0.25) is 4.79 Å². The number of methoxy groups -OCH3 is 1. The van der Waals surface area contributed by atoms with Crippen molar-refractivity contribution in [1.29, 1.82) is 0 Å². The van der Waals surface area contributed by atoms with Crippen molar-refractivity contribution >= 4 is 5.97 Å². The molecule has 98 valence electrons. The molecule has 0 radical (unpaired) electrons. The van der Waals surface area contributed by atoms with Crippen LogP contribution in [-0.4, -0.2) is 49.2 Å². The van der Waals surface area contributed by atoms with Crippen LogP contribution < -0.4 is 5.32 Å². The number of carbonyl (C=O) groups is 1. The third kappa shape index (κ3) is 2.99. The van der Waals surface area contributed by atoms with Crippen molar-refractivity contribution in [3.63, 3.8) is 0 Å². The number of rotatable bonds is 4. The fraction of sp³-hybridized carbons (Fsp3) is 0.923. The number of hydrogen-bond acceptors (Lipinski definition) is 4. The van der Waals surface area contributed by atoms with Gasteiger partial charge in [-0.05, 0) is 45.2 Å². The van der Waals surface area contributed by atoms with Gasteiger partial charge in [0.15, 0.2) is 0 Å². The summed E-state index contributed by atoms with van der Waals surface area (Å²) in [6, 6.07) is 1.10. The Morgan fingerprint density at radius 1 is 1.47 bits per heavy atom. The summed E-state index contributed by atoms with van der Waals surface area (Å²) in [4.78, 5) is 14.1. The van der Waals surface area contributed by atoms with Crippen LogP contribution in [0.25, 0.3) is 0 Å². The van der Waals surface area contributed by atoms with Gasteiger partial charge in [0.2, 0.25) is 0 Å². The molecule has 3 unspecified atom stereocenters. The second-order valence-electron chi connectivity index (χ2n) is 5.20. The van der Waals surface area contributed by atoms with Gasteiger partial charge in [0.1, 0.15) is 6.04 Å². The first-order valence-corrected chi connectivity index (χ1v) is 6.82. The molecule has 2 aliphatic heterocycles. The fourth-order valence-corrected chi connectivity index (χ4v) is 3.16. The molecule has 0 saturated carbocycles. The summed E-state index contributed by atoms with van der Waals surface area (Å²) < 4.78 is 4.82. The molecule has 17 heavy (non-hydrogen) atoms. The minimum Gasteiger partial charge on any atom is -0.468 e. The van der Waals surface area contributed by atoms with E-state index in [-0.39, 0.29) is 12.0 Å². The van der Waals surface area contributed by atoms with Crippen molar-refractivity contribution in [2.24, 2.45) is 0 Å². The number of esters is 1. The topological polar surface area (TPSA) is 41.6 Å². The van der Waals surface area contributed by atoms with E-state index in [0.717, 1.165) is 18.9 Å². The largest absolute Gasteiger partial charge is 0.468 e. The summed E-state index contributed by atoms with van der Waals surface area (Å²) in [6.45, 7) is 4.48. The third-order valence-corrected chi connectivity index (χ3v) is 4.15. The Hall–Kier alpha value is -0.610. The summed E-state index contributed by atoms with van der Waals surface area (Å²) in [5, 5.41) is 3.47. The molecule has 1 N–H and O–H groups in total. The molecule has 2 aliphatic rings. The number of fused-ring (bicyclic) bond motifs is 1. The number of nitrogens with zero attached hydrogens (tertiary/aromatic N) is 1. The highest BCUT2D eigenvalue weighted by molar-refractivity contribution is 5.75. The molecule has 2 fully saturated rings. The van der Waals surface area contributed by atoms with E-state index in [2.05, 4.69) is 10.2 Å². The van der Waals surface area contributed by atoms with E-state index >= 15 is 0 Å². The van der Waals surface area contributed by atoms with Crippen LogP contribution >= 0.6 is 0 Å². The number of piperidine rings is 1. The smallest absolute Gasteiger partial charge is 0.322 e. The van der Waals surface area contributed by atoms with Crippen molar-refractivity contribution < 1.29 is 9.53 Å². The Bertz CT molecular complexity index is 270. The van der Waals surface area contributed by atoms with Gasteiger partial charge in [0.25, 0.3) is 0 Å². The van der Waals surface area contributed by atoms with Crippen LogP contribution in [0, 0.1) is 0 Å². The Labute approximate surface area is 104 Å². The quantitative estimate of drug-likeness (QED) is 0.749. The molecule has 0 aliphatic carbocycles. The average Bonchev–Trinajstić information content (AvgIpc) is 2.82. The minimum absolute atomic E-state index is 0.124. The van der Waals surface area contributed by atoms with Gasteiger partial charge in [0, 0.05) is 12.1 Å². The molecule has 0 amide bonds. The molecule has 0 aromatic carbocycles. The first-order chi connectivity index (χ1) is 8.24. The van der Waals surface area contributed by atoms with Crippen molar-refractivity contribution in [2.45, 2.75) is 57.2 Å². The first-order valence-electron chi connectivity index (χ1n) is 6.82. The molecular weight excluding hydrogens is 216 g/mol. The van der Waals surface area contributed by atoms with E-state index in [4.69, 9.17) is 4.74 Å². The molecule has 4 heteroatoms. The van der Waals surface area contributed by atoms with Gasteiger partial charge < -0.3 is 15.0 Å². The Morgan fingerprint density at radius 3 is 3.00 bits per heavy atom. The highest BCUT2D eigenvalue weighted by Gasteiger charge is 2.33. The maximum absolute atomic E-state index is 11.5. The third-order valence-electron chi connectivity index (χ3n) is 4.15. The zero-order valence-electron chi connectivity index (χ0n) is 10.9. The van der Waals surface area contributed by atoms with Gasteiger partial charge in [-0.15, -0.1) is 0 Å². The molecule has 0 aromatic rings. The van der Waals surface area contributed by atoms with Crippen LogP contribution in [0.1, 0.15) is 39.0 Å². The normalized spacial score (nSPS) is 30.9. The van der Waals surface area contributed by atoms with Crippen LogP contribution in [0.4, 0.5) is 0 Å². The van der Waals surface area contributed by atoms with Crippen molar-refractivity contribution in [3.05, 3.63) is 0 Å². The number of carbonyl (C=O) groups excluding carboxylic acids is 1. The predicted molar refractivity (Wildman–Crippen MR) is 66.8 cm³/mol. The molecule has 2 saturated heterocycles. The molecule has 4 nitrogen and oxygen atoms in total. The van der Waals surface area contributed by atoms with E-state index in [1.807, 2.05) is 6.92 Å². The maximum Gasteiger partial charge on any atom is 0.322 e. The monoisotopic (exact) mass is 240 g/mol. The summed E-state index contributed by atoms with van der Waals surface area (Å²) in [7, 11) is 1.46. The second kappa shape index (κ2) is 5.83. The van der Waals surface area contributed by atoms with Crippen LogP contribution in [0.15, 0.2) is 0 Å². The van der Waals surface area contributed by atoms with Crippen LogP contribution in [0.5, 0.6) is 0 Å². The number of hydrogen-bond donors (Lipinski definition) is 1. The number of ether oxygens (including phenoxy) is 1. The molecule has 2 heterocycles. The maximum atomic E-state index is 11.5. The minimum atomic E-state index is -0.127. The molecule has 0 bridgehead atoms. The van der Waals surface area contributed by atoms with E-state index in [0.29, 0.717) is 6.04 Å². The summed E-state index contributed by atoms with van der Waals surface area (Å²) in [5.41, 5.74) is 0. The summed E-state index contributed by atoms with van der Waals surface area (Å²) in [6.07, 6.45) is 5.81. The van der Waals surface area contributed by atoms with Gasteiger partial charge in [0.05, 0.1) is 7.11 Å². The highest BCUT2D eigenvalue weighted by atomic mass is 16.5.